The molecule has 0 saturated carbocycles. The van der Waals surface area contributed by atoms with Gasteiger partial charge in [-0.15, -0.1) is 0 Å². The lowest BCUT2D eigenvalue weighted by molar-refractivity contribution is 0.620. The average molecular weight is 287 g/mol. The van der Waals surface area contributed by atoms with Crippen molar-refractivity contribution >= 4 is 28.4 Å². The molecule has 0 saturated heterocycles. The first-order valence-corrected chi connectivity index (χ1v) is 6.93. The van der Waals surface area contributed by atoms with E-state index in [4.69, 9.17) is 16.0 Å². The summed E-state index contributed by atoms with van der Waals surface area (Å²) in [5.41, 5.74) is 3.56. The molecule has 0 amide bonds. The van der Waals surface area contributed by atoms with Crippen LogP contribution in [0.15, 0.2) is 46.9 Å². The zero-order valence-electron chi connectivity index (χ0n) is 11.4. The number of aromatic nitrogens is 1. The van der Waals surface area contributed by atoms with Crippen molar-refractivity contribution in [3.63, 3.8) is 0 Å². The van der Waals surface area contributed by atoms with Crippen LogP contribution in [0.2, 0.25) is 5.02 Å². The summed E-state index contributed by atoms with van der Waals surface area (Å²) in [6, 6.07) is 13.9. The average Bonchev–Trinajstić information content (AvgIpc) is 2.81. The molecule has 1 N–H and O–H groups in total. The van der Waals surface area contributed by atoms with Crippen LogP contribution >= 0.6 is 11.6 Å². The van der Waals surface area contributed by atoms with E-state index in [-0.39, 0.29) is 0 Å². The molecule has 20 heavy (non-hydrogen) atoms. The summed E-state index contributed by atoms with van der Waals surface area (Å²) in [4.78, 5) is 4.47. The van der Waals surface area contributed by atoms with E-state index in [9.17, 15) is 0 Å². The molecule has 1 heterocycles. The molecule has 3 aromatic rings. The normalized spacial score (nSPS) is 11.2. The first-order valence-electron chi connectivity index (χ1n) is 6.55. The Labute approximate surface area is 122 Å². The zero-order valence-corrected chi connectivity index (χ0v) is 12.1. The van der Waals surface area contributed by atoms with Crippen LogP contribution in [0.4, 0.5) is 5.69 Å². The quantitative estimate of drug-likeness (QED) is 0.739. The second-order valence-corrected chi connectivity index (χ2v) is 5.44. The molecule has 0 aliphatic carbocycles. The van der Waals surface area contributed by atoms with E-state index >= 15 is 0 Å². The van der Waals surface area contributed by atoms with Crippen molar-refractivity contribution in [1.82, 2.24) is 4.98 Å². The van der Waals surface area contributed by atoms with Gasteiger partial charge in [0, 0.05) is 28.4 Å². The Bertz CT molecular complexity index is 732. The molecule has 0 fully saturated rings. The second kappa shape index (κ2) is 5.17. The van der Waals surface area contributed by atoms with Gasteiger partial charge in [0.2, 0.25) is 5.89 Å². The summed E-state index contributed by atoms with van der Waals surface area (Å²) in [6.07, 6.45) is 0. The van der Waals surface area contributed by atoms with Crippen LogP contribution in [0, 0.1) is 0 Å². The third-order valence-corrected chi connectivity index (χ3v) is 3.17. The molecule has 0 spiro atoms. The highest BCUT2D eigenvalue weighted by atomic mass is 35.5. The highest BCUT2D eigenvalue weighted by Crippen LogP contribution is 2.27. The number of oxazole rings is 1. The summed E-state index contributed by atoms with van der Waals surface area (Å²) < 4.78 is 5.74. The van der Waals surface area contributed by atoms with Crippen LogP contribution < -0.4 is 5.32 Å². The van der Waals surface area contributed by atoms with Gasteiger partial charge in [0.25, 0.3) is 0 Å². The topological polar surface area (TPSA) is 38.1 Å². The molecule has 0 aliphatic heterocycles. The van der Waals surface area contributed by atoms with E-state index in [1.54, 1.807) is 6.07 Å². The third kappa shape index (κ3) is 2.63. The van der Waals surface area contributed by atoms with Crippen molar-refractivity contribution in [2.75, 3.05) is 5.32 Å². The van der Waals surface area contributed by atoms with Crippen LogP contribution in [0.5, 0.6) is 0 Å². The van der Waals surface area contributed by atoms with E-state index in [0.29, 0.717) is 22.5 Å². The predicted octanol–water partition coefficient (Wildman–Crippen LogP) is 4.97. The Hall–Kier alpha value is -2.00. The lowest BCUT2D eigenvalue weighted by atomic mass is 10.2. The zero-order chi connectivity index (χ0) is 14.1. The van der Waals surface area contributed by atoms with Crippen LogP contribution in [0.25, 0.3) is 22.6 Å². The van der Waals surface area contributed by atoms with Gasteiger partial charge in [-0.3, -0.25) is 0 Å². The lowest BCUT2D eigenvalue weighted by Gasteiger charge is -2.09. The maximum Gasteiger partial charge on any atom is 0.227 e. The van der Waals surface area contributed by atoms with Crippen molar-refractivity contribution in [3.05, 3.63) is 47.5 Å². The molecule has 0 atom stereocenters. The molecule has 102 valence electrons. The largest absolute Gasteiger partial charge is 0.436 e. The summed E-state index contributed by atoms with van der Waals surface area (Å²) in [6.45, 7) is 4.22. The number of rotatable bonds is 3. The number of anilines is 1. The summed E-state index contributed by atoms with van der Waals surface area (Å²) in [5, 5.41) is 4.00. The third-order valence-electron chi connectivity index (χ3n) is 2.94. The van der Waals surface area contributed by atoms with E-state index in [0.717, 1.165) is 16.8 Å². The molecule has 3 rings (SSSR count). The molecule has 0 aliphatic rings. The molecule has 3 nitrogen and oxygen atoms in total. The summed E-state index contributed by atoms with van der Waals surface area (Å²) in [7, 11) is 0. The number of nitrogens with one attached hydrogen (secondary N) is 1. The number of fused-ring (bicyclic) bond motifs is 1. The van der Waals surface area contributed by atoms with Crippen LogP contribution in [0.1, 0.15) is 13.8 Å². The van der Waals surface area contributed by atoms with Crippen LogP contribution in [-0.2, 0) is 0 Å². The standard InChI is InChI=1S/C16H15ClN2O/c1-10(2)18-13-6-3-11(4-7-13)16-19-14-8-5-12(17)9-15(14)20-16/h3-10,18H,1-2H3. The summed E-state index contributed by atoms with van der Waals surface area (Å²) >= 11 is 5.95. The Kier molecular flexibility index (Phi) is 3.36. The minimum atomic E-state index is 0.410. The fraction of sp³-hybridized carbons (Fsp3) is 0.188. The maximum absolute atomic E-state index is 5.95. The molecule has 0 radical (unpaired) electrons. The Morgan fingerprint density at radius 3 is 2.55 bits per heavy atom. The number of hydrogen-bond donors (Lipinski definition) is 1. The van der Waals surface area contributed by atoms with E-state index < -0.39 is 0 Å². The molecule has 0 unspecified atom stereocenters. The van der Waals surface area contributed by atoms with Gasteiger partial charge in [-0.25, -0.2) is 4.98 Å². The van der Waals surface area contributed by atoms with Gasteiger partial charge >= 0.3 is 0 Å². The van der Waals surface area contributed by atoms with E-state index in [2.05, 4.69) is 24.1 Å². The minimum Gasteiger partial charge on any atom is -0.436 e. The molecule has 0 bridgehead atoms. The lowest BCUT2D eigenvalue weighted by Crippen LogP contribution is -2.09. The van der Waals surface area contributed by atoms with E-state index in [1.165, 1.54) is 0 Å². The van der Waals surface area contributed by atoms with Crippen molar-refractivity contribution < 1.29 is 4.42 Å². The smallest absolute Gasteiger partial charge is 0.227 e. The number of hydrogen-bond acceptors (Lipinski definition) is 3. The van der Waals surface area contributed by atoms with Gasteiger partial charge in [-0.05, 0) is 50.2 Å². The molecule has 1 aromatic heterocycles. The van der Waals surface area contributed by atoms with Crippen molar-refractivity contribution in [2.24, 2.45) is 0 Å². The fourth-order valence-electron chi connectivity index (χ4n) is 2.06. The number of benzene rings is 2. The van der Waals surface area contributed by atoms with Gasteiger partial charge in [0.1, 0.15) is 5.52 Å². The Balaban J connectivity index is 1.94. The maximum atomic E-state index is 5.95. The van der Waals surface area contributed by atoms with Gasteiger partial charge in [-0.1, -0.05) is 11.6 Å². The summed E-state index contributed by atoms with van der Waals surface area (Å²) in [5.74, 6) is 0.610. The Morgan fingerprint density at radius 2 is 1.85 bits per heavy atom. The Morgan fingerprint density at radius 1 is 1.10 bits per heavy atom. The number of nitrogens with zero attached hydrogens (tertiary/aromatic N) is 1. The predicted molar refractivity (Wildman–Crippen MR) is 83.2 cm³/mol. The minimum absolute atomic E-state index is 0.410. The monoisotopic (exact) mass is 286 g/mol. The highest BCUT2D eigenvalue weighted by Gasteiger charge is 2.08. The van der Waals surface area contributed by atoms with Gasteiger partial charge in [-0.2, -0.15) is 0 Å². The van der Waals surface area contributed by atoms with Crippen molar-refractivity contribution in [1.29, 1.82) is 0 Å². The fourth-order valence-corrected chi connectivity index (χ4v) is 2.23. The van der Waals surface area contributed by atoms with Crippen LogP contribution in [-0.4, -0.2) is 11.0 Å². The second-order valence-electron chi connectivity index (χ2n) is 5.01. The van der Waals surface area contributed by atoms with Crippen LogP contribution in [0.3, 0.4) is 0 Å². The SMILES string of the molecule is CC(C)Nc1ccc(-c2nc3ccc(Cl)cc3o2)cc1. The van der Waals surface area contributed by atoms with Gasteiger partial charge in [0.15, 0.2) is 5.58 Å². The number of halogens is 1. The molecular weight excluding hydrogens is 272 g/mol. The van der Waals surface area contributed by atoms with Gasteiger partial charge < -0.3 is 9.73 Å². The molecular formula is C16H15ClN2O. The van der Waals surface area contributed by atoms with Gasteiger partial charge in [0.05, 0.1) is 0 Å². The first kappa shape index (κ1) is 13.0. The molecule has 4 heteroatoms. The van der Waals surface area contributed by atoms with E-state index in [1.807, 2.05) is 36.4 Å². The van der Waals surface area contributed by atoms with Crippen molar-refractivity contribution in [2.45, 2.75) is 19.9 Å². The molecule has 2 aromatic carbocycles. The first-order chi connectivity index (χ1) is 9.61. The van der Waals surface area contributed by atoms with Crippen molar-refractivity contribution in [3.8, 4) is 11.5 Å². The highest BCUT2D eigenvalue weighted by molar-refractivity contribution is 6.31.